The first-order valence-corrected chi connectivity index (χ1v) is 7.34. The summed E-state index contributed by atoms with van der Waals surface area (Å²) in [5.41, 5.74) is 1.22. The topological polar surface area (TPSA) is 32.3 Å². The summed E-state index contributed by atoms with van der Waals surface area (Å²) >= 11 is 0. The molecule has 1 fully saturated rings. The molecule has 1 saturated heterocycles. The Bertz CT molecular complexity index is 385. The number of hydrogen-bond acceptors (Lipinski definition) is 2. The molecule has 1 atom stereocenters. The molecule has 1 aliphatic heterocycles. The molecule has 2 rings (SSSR count). The van der Waals surface area contributed by atoms with E-state index >= 15 is 0 Å². The second-order valence-corrected chi connectivity index (χ2v) is 5.29. The fourth-order valence-corrected chi connectivity index (χ4v) is 2.66. The summed E-state index contributed by atoms with van der Waals surface area (Å²) in [6.07, 6.45) is 3.15. The Balaban J connectivity index is 2.00. The van der Waals surface area contributed by atoms with Crippen LogP contribution in [0.1, 0.15) is 31.7 Å². The highest BCUT2D eigenvalue weighted by atomic mass is 16.2. The number of piperidine rings is 1. The Labute approximate surface area is 116 Å². The SMILES string of the molecule is CCCN(Cc1ccccc1)C(=O)C1CCCNC1. The molecule has 1 aliphatic rings. The van der Waals surface area contributed by atoms with Crippen LogP contribution in [-0.2, 0) is 11.3 Å². The molecular weight excluding hydrogens is 236 g/mol. The average molecular weight is 260 g/mol. The van der Waals surface area contributed by atoms with Gasteiger partial charge in [0.25, 0.3) is 0 Å². The van der Waals surface area contributed by atoms with Gasteiger partial charge in [0.15, 0.2) is 0 Å². The molecule has 0 aromatic heterocycles. The highest BCUT2D eigenvalue weighted by Gasteiger charge is 2.25. The van der Waals surface area contributed by atoms with E-state index in [2.05, 4.69) is 24.4 Å². The van der Waals surface area contributed by atoms with Crippen LogP contribution in [0.4, 0.5) is 0 Å². The van der Waals surface area contributed by atoms with Crippen LogP contribution in [0.5, 0.6) is 0 Å². The van der Waals surface area contributed by atoms with Crippen molar-refractivity contribution in [3.8, 4) is 0 Å². The number of amides is 1. The molecule has 0 saturated carbocycles. The highest BCUT2D eigenvalue weighted by molar-refractivity contribution is 5.79. The molecule has 1 heterocycles. The second-order valence-electron chi connectivity index (χ2n) is 5.29. The van der Waals surface area contributed by atoms with Gasteiger partial charge in [0.1, 0.15) is 0 Å². The van der Waals surface area contributed by atoms with E-state index in [-0.39, 0.29) is 5.92 Å². The van der Waals surface area contributed by atoms with E-state index < -0.39 is 0 Å². The molecule has 0 spiro atoms. The van der Waals surface area contributed by atoms with Crippen molar-refractivity contribution in [3.63, 3.8) is 0 Å². The monoisotopic (exact) mass is 260 g/mol. The normalized spacial score (nSPS) is 19.1. The van der Waals surface area contributed by atoms with Gasteiger partial charge in [0, 0.05) is 19.6 Å². The predicted molar refractivity (Wildman–Crippen MR) is 77.7 cm³/mol. The van der Waals surface area contributed by atoms with Crippen molar-refractivity contribution in [2.75, 3.05) is 19.6 Å². The maximum atomic E-state index is 12.6. The Morgan fingerprint density at radius 3 is 2.79 bits per heavy atom. The van der Waals surface area contributed by atoms with Gasteiger partial charge in [-0.3, -0.25) is 4.79 Å². The molecule has 3 nitrogen and oxygen atoms in total. The maximum Gasteiger partial charge on any atom is 0.227 e. The summed E-state index contributed by atoms with van der Waals surface area (Å²) in [5.74, 6) is 0.488. The Morgan fingerprint density at radius 1 is 1.37 bits per heavy atom. The average Bonchev–Trinajstić information content (AvgIpc) is 2.48. The van der Waals surface area contributed by atoms with E-state index in [0.29, 0.717) is 5.91 Å². The van der Waals surface area contributed by atoms with Crippen LogP contribution in [0, 0.1) is 5.92 Å². The molecule has 3 heteroatoms. The van der Waals surface area contributed by atoms with Gasteiger partial charge in [-0.1, -0.05) is 37.3 Å². The zero-order valence-corrected chi connectivity index (χ0v) is 11.8. The standard InChI is InChI=1S/C16H24N2O/c1-2-11-18(13-14-7-4-3-5-8-14)16(19)15-9-6-10-17-12-15/h3-5,7-8,15,17H,2,6,9-13H2,1H3. The zero-order chi connectivity index (χ0) is 13.5. The minimum atomic E-state index is 0.170. The molecule has 0 bridgehead atoms. The van der Waals surface area contributed by atoms with Gasteiger partial charge >= 0.3 is 0 Å². The lowest BCUT2D eigenvalue weighted by Gasteiger charge is -2.29. The number of rotatable bonds is 5. The van der Waals surface area contributed by atoms with Crippen molar-refractivity contribution in [2.24, 2.45) is 5.92 Å². The van der Waals surface area contributed by atoms with Crippen molar-refractivity contribution in [1.29, 1.82) is 0 Å². The number of carbonyl (C=O) groups excluding carboxylic acids is 1. The van der Waals surface area contributed by atoms with Gasteiger partial charge in [-0.2, -0.15) is 0 Å². The lowest BCUT2D eigenvalue weighted by Crippen LogP contribution is -2.43. The van der Waals surface area contributed by atoms with Crippen LogP contribution >= 0.6 is 0 Å². The quantitative estimate of drug-likeness (QED) is 0.882. The number of nitrogens with zero attached hydrogens (tertiary/aromatic N) is 1. The van der Waals surface area contributed by atoms with E-state index in [0.717, 1.165) is 45.4 Å². The smallest absolute Gasteiger partial charge is 0.227 e. The van der Waals surface area contributed by atoms with E-state index in [1.165, 1.54) is 5.56 Å². The second kappa shape index (κ2) is 7.29. The molecule has 1 amide bonds. The third kappa shape index (κ3) is 4.06. The van der Waals surface area contributed by atoms with Gasteiger partial charge in [-0.25, -0.2) is 0 Å². The molecule has 1 aromatic rings. The third-order valence-corrected chi connectivity index (χ3v) is 3.67. The zero-order valence-electron chi connectivity index (χ0n) is 11.8. The van der Waals surface area contributed by atoms with Gasteiger partial charge < -0.3 is 10.2 Å². The first kappa shape index (κ1) is 14.1. The highest BCUT2D eigenvalue weighted by Crippen LogP contribution is 2.16. The van der Waals surface area contributed by atoms with Crippen molar-refractivity contribution in [2.45, 2.75) is 32.7 Å². The number of carbonyl (C=O) groups is 1. The van der Waals surface area contributed by atoms with Crippen LogP contribution in [0.3, 0.4) is 0 Å². The molecule has 19 heavy (non-hydrogen) atoms. The fraction of sp³-hybridized carbons (Fsp3) is 0.562. The minimum Gasteiger partial charge on any atom is -0.338 e. The summed E-state index contributed by atoms with van der Waals surface area (Å²) in [7, 11) is 0. The van der Waals surface area contributed by atoms with Crippen molar-refractivity contribution >= 4 is 5.91 Å². The van der Waals surface area contributed by atoms with Crippen LogP contribution in [0.15, 0.2) is 30.3 Å². The first-order chi connectivity index (χ1) is 9.31. The summed E-state index contributed by atoms with van der Waals surface area (Å²) in [4.78, 5) is 14.6. The van der Waals surface area contributed by atoms with Crippen molar-refractivity contribution in [1.82, 2.24) is 10.2 Å². The van der Waals surface area contributed by atoms with Crippen molar-refractivity contribution < 1.29 is 4.79 Å². The lowest BCUT2D eigenvalue weighted by molar-refractivity contribution is -0.136. The van der Waals surface area contributed by atoms with Gasteiger partial charge in [0.05, 0.1) is 5.92 Å². The van der Waals surface area contributed by atoms with E-state index in [1.54, 1.807) is 0 Å². The summed E-state index contributed by atoms with van der Waals surface area (Å²) in [6, 6.07) is 10.3. The van der Waals surface area contributed by atoms with E-state index in [9.17, 15) is 4.79 Å². The van der Waals surface area contributed by atoms with Crippen LogP contribution in [0.25, 0.3) is 0 Å². The lowest BCUT2D eigenvalue weighted by atomic mass is 9.97. The molecule has 0 radical (unpaired) electrons. The molecule has 1 unspecified atom stereocenters. The summed E-state index contributed by atoms with van der Waals surface area (Å²) in [5, 5.41) is 3.33. The Kier molecular flexibility index (Phi) is 5.40. The van der Waals surface area contributed by atoms with Crippen LogP contribution < -0.4 is 5.32 Å². The number of benzene rings is 1. The molecule has 1 aromatic carbocycles. The van der Waals surface area contributed by atoms with Crippen LogP contribution in [-0.4, -0.2) is 30.4 Å². The summed E-state index contributed by atoms with van der Waals surface area (Å²) in [6.45, 7) is 5.61. The molecule has 1 N–H and O–H groups in total. The van der Waals surface area contributed by atoms with E-state index in [1.807, 2.05) is 23.1 Å². The van der Waals surface area contributed by atoms with Gasteiger partial charge in [-0.05, 0) is 31.4 Å². The maximum absolute atomic E-state index is 12.6. The minimum absolute atomic E-state index is 0.170. The molecule has 104 valence electrons. The van der Waals surface area contributed by atoms with Gasteiger partial charge in [-0.15, -0.1) is 0 Å². The fourth-order valence-electron chi connectivity index (χ4n) is 2.66. The van der Waals surface area contributed by atoms with Crippen LogP contribution in [0.2, 0.25) is 0 Å². The number of nitrogens with one attached hydrogen (secondary N) is 1. The third-order valence-electron chi connectivity index (χ3n) is 3.67. The van der Waals surface area contributed by atoms with E-state index in [4.69, 9.17) is 0 Å². The molecule has 0 aliphatic carbocycles. The largest absolute Gasteiger partial charge is 0.338 e. The Hall–Kier alpha value is -1.35. The number of hydrogen-bond donors (Lipinski definition) is 1. The predicted octanol–water partition coefficient (Wildman–Crippen LogP) is 2.42. The van der Waals surface area contributed by atoms with Gasteiger partial charge in [0.2, 0.25) is 5.91 Å². The molecular formula is C16H24N2O. The first-order valence-electron chi connectivity index (χ1n) is 7.34. The Morgan fingerprint density at radius 2 is 2.16 bits per heavy atom. The summed E-state index contributed by atoms with van der Waals surface area (Å²) < 4.78 is 0. The van der Waals surface area contributed by atoms with Crippen molar-refractivity contribution in [3.05, 3.63) is 35.9 Å².